The molecule has 0 aromatic heterocycles. The minimum absolute atomic E-state index is 0.178. The zero-order valence-corrected chi connectivity index (χ0v) is 19.7. The Labute approximate surface area is 202 Å². The van der Waals surface area contributed by atoms with Crippen LogP contribution >= 0.6 is 22.6 Å². The highest BCUT2D eigenvalue weighted by Gasteiger charge is 2.30. The van der Waals surface area contributed by atoms with Gasteiger partial charge in [0.2, 0.25) is 0 Å². The van der Waals surface area contributed by atoms with Gasteiger partial charge in [0, 0.05) is 3.57 Å². The summed E-state index contributed by atoms with van der Waals surface area (Å²) >= 11 is 2.19. The Hall–Kier alpha value is -3.01. The number of benzene rings is 3. The van der Waals surface area contributed by atoms with Crippen LogP contribution in [0.15, 0.2) is 72.8 Å². The molecule has 0 saturated heterocycles. The molecule has 0 radical (unpaired) electrons. The number of halogens is 4. The number of hydrogen-bond acceptors (Lipinski definition) is 3. The van der Waals surface area contributed by atoms with E-state index in [2.05, 4.69) is 22.6 Å². The predicted octanol–water partition coefficient (Wildman–Crippen LogP) is 6.59. The third kappa shape index (κ3) is 6.98. The molecule has 0 aliphatic rings. The van der Waals surface area contributed by atoms with Crippen molar-refractivity contribution in [3.63, 3.8) is 0 Å². The largest absolute Gasteiger partial charge is 0.489 e. The van der Waals surface area contributed by atoms with Crippen molar-refractivity contribution in [2.75, 3.05) is 13.2 Å². The minimum Gasteiger partial charge on any atom is -0.489 e. The summed E-state index contributed by atoms with van der Waals surface area (Å²) < 4.78 is 50.9. The van der Waals surface area contributed by atoms with Crippen molar-refractivity contribution in [2.45, 2.75) is 13.1 Å². The van der Waals surface area contributed by atoms with E-state index >= 15 is 0 Å². The maximum absolute atomic E-state index is 13.0. The summed E-state index contributed by atoms with van der Waals surface area (Å²) in [6.45, 7) is 1.52. The van der Waals surface area contributed by atoms with Gasteiger partial charge in [0.25, 0.3) is 0 Å². The summed E-state index contributed by atoms with van der Waals surface area (Å²) in [6.07, 6.45) is -2.58. The maximum atomic E-state index is 13.0. The number of hydrogen-bond donors (Lipinski definition) is 1. The molecule has 0 aliphatic carbocycles. The Bertz CT molecular complexity index is 1140. The van der Waals surface area contributed by atoms with E-state index in [4.69, 9.17) is 14.6 Å². The normalized spacial score (nSPS) is 11.8. The van der Waals surface area contributed by atoms with Crippen molar-refractivity contribution in [1.29, 1.82) is 0 Å². The molecule has 0 spiro atoms. The quantitative estimate of drug-likeness (QED) is 0.312. The fraction of sp³-hybridized carbons (Fsp3) is 0.160. The van der Waals surface area contributed by atoms with Gasteiger partial charge in [-0.25, -0.2) is 4.79 Å². The van der Waals surface area contributed by atoms with Crippen molar-refractivity contribution >= 4 is 34.1 Å². The molecule has 8 heteroatoms. The molecule has 0 amide bonds. The van der Waals surface area contributed by atoms with Crippen molar-refractivity contribution in [1.82, 2.24) is 0 Å². The standard InChI is InChI=1S/C25H20F3IO4/c1-16-14-21(10-11-23(16)33-15-24(30)31)32-13-12-22(18-4-8-20(29)9-5-18)17-2-6-19(7-3-17)25(26,27)28/h2-12,14H,13,15H2,1H3,(H,30,31)/b22-12-. The number of rotatable bonds is 8. The van der Waals surface area contributed by atoms with Crippen molar-refractivity contribution in [2.24, 2.45) is 0 Å². The lowest BCUT2D eigenvalue weighted by Gasteiger charge is -2.13. The van der Waals surface area contributed by atoms with Gasteiger partial charge in [-0.2, -0.15) is 13.2 Å². The average molecular weight is 568 g/mol. The summed E-state index contributed by atoms with van der Waals surface area (Å²) in [7, 11) is 0. The summed E-state index contributed by atoms with van der Waals surface area (Å²) in [6, 6.07) is 17.7. The Balaban J connectivity index is 1.81. The molecular weight excluding hydrogens is 548 g/mol. The van der Waals surface area contributed by atoms with Crippen LogP contribution in [0, 0.1) is 10.5 Å². The minimum atomic E-state index is -4.40. The highest BCUT2D eigenvalue weighted by atomic mass is 127. The molecule has 4 nitrogen and oxygen atoms in total. The first-order valence-electron chi connectivity index (χ1n) is 9.85. The highest BCUT2D eigenvalue weighted by molar-refractivity contribution is 14.1. The van der Waals surface area contributed by atoms with Crippen molar-refractivity contribution in [3.8, 4) is 11.5 Å². The number of carboxylic acids is 1. The van der Waals surface area contributed by atoms with E-state index in [1.807, 2.05) is 30.3 Å². The fourth-order valence-electron chi connectivity index (χ4n) is 3.10. The maximum Gasteiger partial charge on any atom is 0.416 e. The van der Waals surface area contributed by atoms with Crippen LogP contribution in [0.2, 0.25) is 0 Å². The lowest BCUT2D eigenvalue weighted by Crippen LogP contribution is -2.10. The molecule has 0 atom stereocenters. The van der Waals surface area contributed by atoms with Crippen LogP contribution in [-0.4, -0.2) is 24.3 Å². The summed E-state index contributed by atoms with van der Waals surface area (Å²) in [5.41, 5.74) is 2.26. The van der Waals surface area contributed by atoms with Gasteiger partial charge in [-0.1, -0.05) is 24.3 Å². The third-order valence-corrected chi connectivity index (χ3v) is 5.43. The third-order valence-electron chi connectivity index (χ3n) is 4.71. The number of carbonyl (C=O) groups is 1. The summed E-state index contributed by atoms with van der Waals surface area (Å²) in [5.74, 6) is -0.0586. The molecule has 3 aromatic rings. The number of aryl methyl sites for hydroxylation is 1. The molecule has 0 heterocycles. The van der Waals surface area contributed by atoms with Crippen LogP contribution < -0.4 is 9.47 Å². The number of alkyl halides is 3. The van der Waals surface area contributed by atoms with Gasteiger partial charge in [0.05, 0.1) is 5.56 Å². The smallest absolute Gasteiger partial charge is 0.416 e. The van der Waals surface area contributed by atoms with Crippen LogP contribution in [0.1, 0.15) is 22.3 Å². The molecule has 33 heavy (non-hydrogen) atoms. The summed E-state index contributed by atoms with van der Waals surface area (Å²) in [5, 5.41) is 8.73. The van der Waals surface area contributed by atoms with E-state index < -0.39 is 24.3 Å². The Morgan fingerprint density at radius 2 is 1.58 bits per heavy atom. The van der Waals surface area contributed by atoms with Gasteiger partial charge < -0.3 is 14.6 Å². The fourth-order valence-corrected chi connectivity index (χ4v) is 3.46. The molecule has 0 saturated carbocycles. The van der Waals surface area contributed by atoms with E-state index in [1.165, 1.54) is 12.1 Å². The van der Waals surface area contributed by atoms with E-state index in [0.29, 0.717) is 17.1 Å². The van der Waals surface area contributed by atoms with Gasteiger partial charge in [-0.05, 0) is 100 Å². The molecule has 0 unspecified atom stereocenters. The molecular formula is C25H20F3IO4. The van der Waals surface area contributed by atoms with E-state index in [9.17, 15) is 18.0 Å². The SMILES string of the molecule is Cc1cc(OC/C=C(\c2ccc(I)cc2)c2ccc(C(F)(F)F)cc2)ccc1OCC(=O)O. The van der Waals surface area contributed by atoms with Gasteiger partial charge in [-0.3, -0.25) is 0 Å². The molecule has 3 aromatic carbocycles. The van der Waals surface area contributed by atoms with E-state index in [-0.39, 0.29) is 6.61 Å². The molecule has 0 fully saturated rings. The van der Waals surface area contributed by atoms with Crippen LogP contribution in [0.3, 0.4) is 0 Å². The van der Waals surface area contributed by atoms with Crippen LogP contribution in [0.25, 0.3) is 5.57 Å². The Morgan fingerprint density at radius 3 is 2.12 bits per heavy atom. The monoisotopic (exact) mass is 568 g/mol. The number of ether oxygens (including phenoxy) is 2. The van der Waals surface area contributed by atoms with Gasteiger partial charge >= 0.3 is 12.1 Å². The topological polar surface area (TPSA) is 55.8 Å². The van der Waals surface area contributed by atoms with Crippen LogP contribution in [0.5, 0.6) is 11.5 Å². The van der Waals surface area contributed by atoms with Crippen LogP contribution in [-0.2, 0) is 11.0 Å². The molecule has 0 bridgehead atoms. The zero-order chi connectivity index (χ0) is 24.0. The Kier molecular flexibility index (Phi) is 8.01. The van der Waals surface area contributed by atoms with Crippen molar-refractivity contribution < 1.29 is 32.5 Å². The predicted molar refractivity (Wildman–Crippen MR) is 127 cm³/mol. The van der Waals surface area contributed by atoms with E-state index in [0.717, 1.165) is 32.4 Å². The Morgan fingerprint density at radius 1 is 0.970 bits per heavy atom. The van der Waals surface area contributed by atoms with Crippen LogP contribution in [0.4, 0.5) is 13.2 Å². The second-order valence-electron chi connectivity index (χ2n) is 7.12. The molecule has 1 N–H and O–H groups in total. The first-order valence-corrected chi connectivity index (χ1v) is 10.9. The van der Waals surface area contributed by atoms with Crippen molar-refractivity contribution in [3.05, 3.63) is 98.6 Å². The summed E-state index contributed by atoms with van der Waals surface area (Å²) in [4.78, 5) is 10.7. The number of aliphatic carboxylic acids is 1. The first kappa shape index (κ1) is 24.6. The lowest BCUT2D eigenvalue weighted by molar-refractivity contribution is -0.139. The number of carboxylic acid groups (broad SMARTS) is 1. The lowest BCUT2D eigenvalue weighted by atomic mass is 9.96. The van der Waals surface area contributed by atoms with Gasteiger partial charge in [0.15, 0.2) is 6.61 Å². The average Bonchev–Trinajstić information content (AvgIpc) is 2.76. The van der Waals surface area contributed by atoms with Gasteiger partial charge in [-0.15, -0.1) is 0 Å². The molecule has 172 valence electrons. The van der Waals surface area contributed by atoms with E-state index in [1.54, 1.807) is 25.1 Å². The van der Waals surface area contributed by atoms with Gasteiger partial charge in [0.1, 0.15) is 18.1 Å². The highest BCUT2D eigenvalue weighted by Crippen LogP contribution is 2.32. The molecule has 3 rings (SSSR count). The zero-order valence-electron chi connectivity index (χ0n) is 17.5. The second kappa shape index (κ2) is 10.7. The second-order valence-corrected chi connectivity index (χ2v) is 8.37. The molecule has 0 aliphatic heterocycles. The first-order chi connectivity index (χ1) is 15.6.